The van der Waals surface area contributed by atoms with E-state index in [-0.39, 0.29) is 0 Å². The lowest BCUT2D eigenvalue weighted by Gasteiger charge is -2.33. The van der Waals surface area contributed by atoms with Gasteiger partial charge < -0.3 is 10.1 Å². The van der Waals surface area contributed by atoms with Gasteiger partial charge in [-0.3, -0.25) is 4.90 Å². The van der Waals surface area contributed by atoms with Crippen molar-refractivity contribution in [2.24, 2.45) is 0 Å². The Hall–Kier alpha value is -2.66. The van der Waals surface area contributed by atoms with Gasteiger partial charge in [-0.05, 0) is 62.7 Å². The number of aromatic nitrogens is 2. The normalized spacial score (nSPS) is 17.6. The van der Waals surface area contributed by atoms with Crippen LogP contribution in [0.5, 0.6) is 5.75 Å². The molecule has 0 spiro atoms. The maximum Gasteiger partial charge on any atom is 0.162 e. The van der Waals surface area contributed by atoms with Gasteiger partial charge in [0.05, 0.1) is 12.6 Å². The number of nitrogens with one attached hydrogen (secondary N) is 1. The topological polar surface area (TPSA) is 50.3 Å². The van der Waals surface area contributed by atoms with E-state index in [9.17, 15) is 0 Å². The quantitative estimate of drug-likeness (QED) is 0.682. The first-order valence-corrected chi connectivity index (χ1v) is 10.1. The van der Waals surface area contributed by atoms with Crippen LogP contribution < -0.4 is 10.1 Å². The summed E-state index contributed by atoms with van der Waals surface area (Å²) >= 11 is 0. The molecule has 2 aromatic carbocycles. The summed E-state index contributed by atoms with van der Waals surface area (Å²) in [5.74, 6) is 2.47. The standard InChI is InChI=1S/C23H28N4O/c1-17-7-5-6-15-27(17)16-14-24-23-20-8-3-4-9-21(20)25-22(26-23)18-10-12-19(28-2)13-11-18/h3-4,8-13,17H,5-7,14-16H2,1-2H3,(H,24,25,26)/t17-/m1/s1. The van der Waals surface area contributed by atoms with E-state index in [1.807, 2.05) is 42.5 Å². The van der Waals surface area contributed by atoms with Gasteiger partial charge in [-0.1, -0.05) is 18.6 Å². The second kappa shape index (κ2) is 8.57. The highest BCUT2D eigenvalue weighted by molar-refractivity contribution is 5.90. The largest absolute Gasteiger partial charge is 0.497 e. The van der Waals surface area contributed by atoms with Crippen molar-refractivity contribution in [3.63, 3.8) is 0 Å². The van der Waals surface area contributed by atoms with Crippen molar-refractivity contribution in [2.75, 3.05) is 32.1 Å². The number of benzene rings is 2. The molecule has 1 N–H and O–H groups in total. The van der Waals surface area contributed by atoms with Gasteiger partial charge in [0.1, 0.15) is 11.6 Å². The van der Waals surface area contributed by atoms with Gasteiger partial charge in [-0.2, -0.15) is 0 Å². The Labute approximate surface area is 166 Å². The van der Waals surface area contributed by atoms with Crippen LogP contribution in [0.4, 0.5) is 5.82 Å². The molecule has 0 bridgehead atoms. The van der Waals surface area contributed by atoms with E-state index >= 15 is 0 Å². The zero-order valence-corrected chi connectivity index (χ0v) is 16.7. The molecule has 1 saturated heterocycles. The number of hydrogen-bond donors (Lipinski definition) is 1. The van der Waals surface area contributed by atoms with Crippen molar-refractivity contribution in [3.8, 4) is 17.1 Å². The van der Waals surface area contributed by atoms with Crippen LogP contribution in [-0.4, -0.2) is 47.7 Å². The fourth-order valence-corrected chi connectivity index (χ4v) is 3.89. The van der Waals surface area contributed by atoms with Crippen LogP contribution in [-0.2, 0) is 0 Å². The zero-order valence-electron chi connectivity index (χ0n) is 16.7. The molecular weight excluding hydrogens is 348 g/mol. The molecule has 1 aliphatic heterocycles. The predicted octanol–water partition coefficient (Wildman–Crippen LogP) is 4.59. The maximum absolute atomic E-state index is 5.26. The van der Waals surface area contributed by atoms with Crippen molar-refractivity contribution in [1.82, 2.24) is 14.9 Å². The van der Waals surface area contributed by atoms with E-state index in [2.05, 4.69) is 23.2 Å². The Balaban J connectivity index is 1.57. The number of rotatable bonds is 6. The summed E-state index contributed by atoms with van der Waals surface area (Å²) in [6, 6.07) is 16.7. The number of para-hydroxylation sites is 1. The third kappa shape index (κ3) is 4.09. The van der Waals surface area contributed by atoms with Gasteiger partial charge >= 0.3 is 0 Å². The number of hydrogen-bond acceptors (Lipinski definition) is 5. The second-order valence-electron chi connectivity index (χ2n) is 7.45. The van der Waals surface area contributed by atoms with E-state index in [1.54, 1.807) is 7.11 Å². The first-order chi connectivity index (χ1) is 13.7. The molecule has 1 aliphatic rings. The van der Waals surface area contributed by atoms with Crippen LogP contribution in [0.25, 0.3) is 22.3 Å². The van der Waals surface area contributed by atoms with E-state index < -0.39 is 0 Å². The van der Waals surface area contributed by atoms with Gasteiger partial charge in [-0.25, -0.2) is 9.97 Å². The van der Waals surface area contributed by atoms with E-state index in [1.165, 1.54) is 25.8 Å². The van der Waals surface area contributed by atoms with Crippen LogP contribution in [0.3, 0.4) is 0 Å². The molecule has 0 radical (unpaired) electrons. The molecule has 146 valence electrons. The molecule has 4 rings (SSSR count). The number of ether oxygens (including phenoxy) is 1. The smallest absolute Gasteiger partial charge is 0.162 e. The van der Waals surface area contributed by atoms with Crippen LogP contribution in [0.1, 0.15) is 26.2 Å². The van der Waals surface area contributed by atoms with Gasteiger partial charge in [0.25, 0.3) is 0 Å². The van der Waals surface area contributed by atoms with Crippen molar-refractivity contribution < 1.29 is 4.74 Å². The number of anilines is 1. The second-order valence-corrected chi connectivity index (χ2v) is 7.45. The molecule has 1 atom stereocenters. The van der Waals surface area contributed by atoms with Gasteiger partial charge in [0, 0.05) is 30.1 Å². The van der Waals surface area contributed by atoms with E-state index in [4.69, 9.17) is 14.7 Å². The minimum Gasteiger partial charge on any atom is -0.497 e. The maximum atomic E-state index is 5.26. The third-order valence-corrected chi connectivity index (χ3v) is 5.58. The number of fused-ring (bicyclic) bond motifs is 1. The highest BCUT2D eigenvalue weighted by atomic mass is 16.5. The Morgan fingerprint density at radius 2 is 1.89 bits per heavy atom. The average molecular weight is 377 g/mol. The lowest BCUT2D eigenvalue weighted by molar-refractivity contribution is 0.167. The molecule has 5 heteroatoms. The molecule has 5 nitrogen and oxygen atoms in total. The molecule has 0 saturated carbocycles. The summed E-state index contributed by atoms with van der Waals surface area (Å²) in [6.07, 6.45) is 3.97. The summed E-state index contributed by atoms with van der Waals surface area (Å²) in [4.78, 5) is 12.2. The van der Waals surface area contributed by atoms with E-state index in [0.717, 1.165) is 46.9 Å². The molecule has 3 aromatic rings. The molecule has 1 fully saturated rings. The zero-order chi connectivity index (χ0) is 19.3. The summed E-state index contributed by atoms with van der Waals surface area (Å²) in [5.41, 5.74) is 1.94. The van der Waals surface area contributed by atoms with Crippen LogP contribution in [0, 0.1) is 0 Å². The van der Waals surface area contributed by atoms with Crippen molar-refractivity contribution in [3.05, 3.63) is 48.5 Å². The highest BCUT2D eigenvalue weighted by Gasteiger charge is 2.17. The fourth-order valence-electron chi connectivity index (χ4n) is 3.89. The number of likely N-dealkylation sites (tertiary alicyclic amines) is 1. The first-order valence-electron chi connectivity index (χ1n) is 10.1. The van der Waals surface area contributed by atoms with Gasteiger partial charge in [0.15, 0.2) is 5.82 Å². The number of methoxy groups -OCH3 is 1. The predicted molar refractivity (Wildman–Crippen MR) is 115 cm³/mol. The fraction of sp³-hybridized carbons (Fsp3) is 0.391. The Morgan fingerprint density at radius 1 is 1.07 bits per heavy atom. The molecule has 28 heavy (non-hydrogen) atoms. The molecule has 1 aromatic heterocycles. The van der Waals surface area contributed by atoms with Crippen molar-refractivity contribution in [1.29, 1.82) is 0 Å². The molecule has 0 amide bonds. The Morgan fingerprint density at radius 3 is 2.68 bits per heavy atom. The summed E-state index contributed by atoms with van der Waals surface area (Å²) in [6.45, 7) is 5.45. The van der Waals surface area contributed by atoms with Crippen molar-refractivity contribution >= 4 is 16.7 Å². The van der Waals surface area contributed by atoms with Gasteiger partial charge in [0.2, 0.25) is 0 Å². The van der Waals surface area contributed by atoms with Crippen LogP contribution in [0.15, 0.2) is 48.5 Å². The lowest BCUT2D eigenvalue weighted by Crippen LogP contribution is -2.40. The highest BCUT2D eigenvalue weighted by Crippen LogP contribution is 2.26. The minimum atomic E-state index is 0.674. The van der Waals surface area contributed by atoms with Crippen LogP contribution >= 0.6 is 0 Å². The van der Waals surface area contributed by atoms with Crippen molar-refractivity contribution in [2.45, 2.75) is 32.2 Å². The Kier molecular flexibility index (Phi) is 5.72. The lowest BCUT2D eigenvalue weighted by atomic mass is 10.0. The minimum absolute atomic E-state index is 0.674. The summed E-state index contributed by atoms with van der Waals surface area (Å²) in [7, 11) is 1.67. The monoisotopic (exact) mass is 376 g/mol. The SMILES string of the molecule is COc1ccc(-c2nc(NCCN3CCCC[C@H]3C)c3ccccc3n2)cc1. The average Bonchev–Trinajstić information content (AvgIpc) is 2.75. The molecule has 0 aliphatic carbocycles. The Bertz CT molecular complexity index is 926. The third-order valence-electron chi connectivity index (χ3n) is 5.58. The molecular formula is C23H28N4O. The summed E-state index contributed by atoms with van der Waals surface area (Å²) < 4.78 is 5.26. The van der Waals surface area contributed by atoms with Crippen LogP contribution in [0.2, 0.25) is 0 Å². The molecule has 0 unspecified atom stereocenters. The number of piperidine rings is 1. The van der Waals surface area contributed by atoms with Gasteiger partial charge in [-0.15, -0.1) is 0 Å². The molecule has 2 heterocycles. The summed E-state index contributed by atoms with van der Waals surface area (Å²) in [5, 5.41) is 4.63. The number of nitrogens with zero attached hydrogens (tertiary/aromatic N) is 3. The van der Waals surface area contributed by atoms with E-state index in [0.29, 0.717) is 6.04 Å². The first kappa shape index (κ1) is 18.7.